The summed E-state index contributed by atoms with van der Waals surface area (Å²) in [7, 11) is 1.77. The molecule has 140 valence electrons. The Labute approximate surface area is 153 Å². The van der Waals surface area contributed by atoms with Crippen LogP contribution in [0.25, 0.3) is 0 Å². The maximum atomic E-state index is 13.1. The smallest absolute Gasteiger partial charge is 0.307 e. The van der Waals surface area contributed by atoms with Gasteiger partial charge in [-0.3, -0.25) is 14.3 Å². The van der Waals surface area contributed by atoms with Crippen LogP contribution in [0.5, 0.6) is 0 Å². The highest BCUT2D eigenvalue weighted by molar-refractivity contribution is 7.99. The van der Waals surface area contributed by atoms with Gasteiger partial charge in [-0.15, -0.1) is 11.8 Å². The van der Waals surface area contributed by atoms with E-state index in [9.17, 15) is 18.4 Å². The molecule has 2 aromatic rings. The summed E-state index contributed by atoms with van der Waals surface area (Å²) < 4.78 is 32.5. The fraction of sp³-hybridized carbons (Fsp3) is 0.353. The minimum atomic E-state index is -0.935. The molecule has 1 amide bonds. The lowest BCUT2D eigenvalue weighted by atomic mass is 10.3. The van der Waals surface area contributed by atoms with Gasteiger partial charge in [-0.05, 0) is 32.0 Å². The van der Waals surface area contributed by atoms with Gasteiger partial charge in [0.1, 0.15) is 0 Å². The molecule has 1 aromatic carbocycles. The molecular weight excluding hydrogens is 364 g/mol. The first kappa shape index (κ1) is 19.9. The molecule has 6 nitrogen and oxygen atoms in total. The quantitative estimate of drug-likeness (QED) is 0.588. The number of hydrogen-bond donors (Lipinski definition) is 1. The normalized spacial score (nSPS) is 10.7. The third kappa shape index (κ3) is 5.29. The number of carbonyl (C=O) groups excluding carboxylic acids is 2. The van der Waals surface area contributed by atoms with Crippen LogP contribution in [0.4, 0.5) is 14.5 Å². The van der Waals surface area contributed by atoms with Crippen LogP contribution in [0.3, 0.4) is 0 Å². The molecule has 26 heavy (non-hydrogen) atoms. The van der Waals surface area contributed by atoms with Crippen molar-refractivity contribution in [2.24, 2.45) is 7.05 Å². The lowest BCUT2D eigenvalue weighted by molar-refractivity contribution is -0.146. The molecule has 0 saturated carbocycles. The summed E-state index contributed by atoms with van der Waals surface area (Å²) in [4.78, 5) is 24.1. The largest absolute Gasteiger partial charge is 0.456 e. The average molecular weight is 383 g/mol. The van der Waals surface area contributed by atoms with E-state index in [1.165, 1.54) is 17.8 Å². The van der Waals surface area contributed by atoms with E-state index in [1.807, 2.05) is 6.92 Å². The van der Waals surface area contributed by atoms with Crippen LogP contribution in [0.15, 0.2) is 23.1 Å². The van der Waals surface area contributed by atoms with E-state index in [1.54, 1.807) is 18.7 Å². The molecule has 1 N–H and O–H groups in total. The maximum absolute atomic E-state index is 13.1. The Hall–Kier alpha value is -2.42. The van der Waals surface area contributed by atoms with Gasteiger partial charge < -0.3 is 10.1 Å². The van der Waals surface area contributed by atoms with E-state index < -0.39 is 30.1 Å². The molecule has 0 spiro atoms. The van der Waals surface area contributed by atoms with Crippen molar-refractivity contribution in [2.45, 2.75) is 25.2 Å². The zero-order valence-electron chi connectivity index (χ0n) is 14.6. The number of esters is 1. The van der Waals surface area contributed by atoms with E-state index in [-0.39, 0.29) is 6.42 Å². The van der Waals surface area contributed by atoms with Gasteiger partial charge in [-0.25, -0.2) is 8.78 Å². The number of benzene rings is 1. The van der Waals surface area contributed by atoms with Crippen LogP contribution in [0.2, 0.25) is 0 Å². The standard InChI is InChI=1S/C17H19F2N3O3S/c1-10-17(11(2)22(3)21-10)20-15(23)9-25-16(24)6-7-26-12-4-5-13(18)14(19)8-12/h4-5,8H,6-7,9H2,1-3H3,(H,20,23). The highest BCUT2D eigenvalue weighted by atomic mass is 32.2. The van der Waals surface area contributed by atoms with Crippen molar-refractivity contribution in [3.05, 3.63) is 41.2 Å². The summed E-state index contributed by atoms with van der Waals surface area (Å²) in [5.41, 5.74) is 2.07. The van der Waals surface area contributed by atoms with Crippen LogP contribution in [-0.4, -0.2) is 34.0 Å². The van der Waals surface area contributed by atoms with Crippen molar-refractivity contribution in [1.82, 2.24) is 9.78 Å². The fourth-order valence-electron chi connectivity index (χ4n) is 2.17. The number of hydrogen-bond acceptors (Lipinski definition) is 5. The molecular formula is C17H19F2N3O3S. The summed E-state index contributed by atoms with van der Waals surface area (Å²) in [5, 5.41) is 6.85. The Kier molecular flexibility index (Phi) is 6.73. The van der Waals surface area contributed by atoms with Gasteiger partial charge in [-0.2, -0.15) is 5.10 Å². The van der Waals surface area contributed by atoms with E-state index in [0.29, 0.717) is 22.0 Å². The first-order chi connectivity index (χ1) is 12.3. The lowest BCUT2D eigenvalue weighted by Gasteiger charge is -2.07. The summed E-state index contributed by atoms with van der Waals surface area (Å²) in [6.45, 7) is 3.18. The number of aryl methyl sites for hydroxylation is 2. The molecule has 0 bridgehead atoms. The van der Waals surface area contributed by atoms with Gasteiger partial charge in [0.15, 0.2) is 18.2 Å². The molecule has 0 atom stereocenters. The van der Waals surface area contributed by atoms with Crippen LogP contribution in [0.1, 0.15) is 17.8 Å². The highest BCUT2D eigenvalue weighted by Gasteiger charge is 2.14. The molecule has 9 heteroatoms. The molecule has 1 heterocycles. The van der Waals surface area contributed by atoms with E-state index in [2.05, 4.69) is 10.4 Å². The Bertz CT molecular complexity index is 824. The number of nitrogens with zero attached hydrogens (tertiary/aromatic N) is 2. The van der Waals surface area contributed by atoms with E-state index in [4.69, 9.17) is 4.74 Å². The number of anilines is 1. The minimum Gasteiger partial charge on any atom is -0.456 e. The monoisotopic (exact) mass is 383 g/mol. The predicted octanol–water partition coefficient (Wildman–Crippen LogP) is 2.98. The molecule has 0 unspecified atom stereocenters. The van der Waals surface area contributed by atoms with Gasteiger partial charge in [-0.1, -0.05) is 0 Å². The zero-order valence-corrected chi connectivity index (χ0v) is 15.5. The van der Waals surface area contributed by atoms with Crippen molar-refractivity contribution < 1.29 is 23.1 Å². The predicted molar refractivity (Wildman–Crippen MR) is 94.0 cm³/mol. The Morgan fingerprint density at radius 2 is 2.00 bits per heavy atom. The number of rotatable bonds is 7. The van der Waals surface area contributed by atoms with Crippen molar-refractivity contribution in [3.8, 4) is 0 Å². The second-order valence-corrected chi connectivity index (χ2v) is 6.72. The van der Waals surface area contributed by atoms with Crippen LogP contribution in [0, 0.1) is 25.5 Å². The maximum Gasteiger partial charge on any atom is 0.307 e. The number of carbonyl (C=O) groups is 2. The molecule has 0 aliphatic heterocycles. The van der Waals surface area contributed by atoms with Gasteiger partial charge in [0.05, 0.1) is 23.5 Å². The number of halogens is 2. The van der Waals surface area contributed by atoms with Crippen molar-refractivity contribution in [2.75, 3.05) is 17.7 Å². The van der Waals surface area contributed by atoms with Crippen molar-refractivity contribution >= 4 is 29.3 Å². The molecule has 0 aliphatic rings. The molecule has 2 rings (SSSR count). The number of ether oxygens (including phenoxy) is 1. The molecule has 0 saturated heterocycles. The van der Waals surface area contributed by atoms with Gasteiger partial charge in [0, 0.05) is 17.7 Å². The van der Waals surface area contributed by atoms with Crippen LogP contribution in [-0.2, 0) is 21.4 Å². The summed E-state index contributed by atoms with van der Waals surface area (Å²) in [6.07, 6.45) is 0.0435. The molecule has 0 aliphatic carbocycles. The number of amides is 1. The SMILES string of the molecule is Cc1nn(C)c(C)c1NC(=O)COC(=O)CCSc1ccc(F)c(F)c1. The summed E-state index contributed by atoms with van der Waals surface area (Å²) >= 11 is 1.20. The first-order valence-electron chi connectivity index (χ1n) is 7.81. The minimum absolute atomic E-state index is 0.0435. The second-order valence-electron chi connectivity index (χ2n) is 5.55. The number of nitrogens with one attached hydrogen (secondary N) is 1. The molecule has 0 fully saturated rings. The average Bonchev–Trinajstić information content (AvgIpc) is 2.82. The van der Waals surface area contributed by atoms with Gasteiger partial charge in [0.25, 0.3) is 5.91 Å². The second kappa shape index (κ2) is 8.79. The first-order valence-corrected chi connectivity index (χ1v) is 8.80. The Morgan fingerprint density at radius 3 is 2.62 bits per heavy atom. The highest BCUT2D eigenvalue weighted by Crippen LogP contribution is 2.21. The number of aromatic nitrogens is 2. The fourth-order valence-corrected chi connectivity index (χ4v) is 3.02. The molecule has 1 aromatic heterocycles. The topological polar surface area (TPSA) is 73.2 Å². The zero-order chi connectivity index (χ0) is 19.3. The third-order valence-electron chi connectivity index (χ3n) is 3.60. The Balaban J connectivity index is 1.72. The summed E-state index contributed by atoms with van der Waals surface area (Å²) in [5.74, 6) is -2.53. The Morgan fingerprint density at radius 1 is 1.27 bits per heavy atom. The van der Waals surface area contributed by atoms with Crippen LogP contribution >= 0.6 is 11.8 Å². The molecule has 0 radical (unpaired) electrons. The lowest BCUT2D eigenvalue weighted by Crippen LogP contribution is -2.21. The van der Waals surface area contributed by atoms with Crippen molar-refractivity contribution in [3.63, 3.8) is 0 Å². The van der Waals surface area contributed by atoms with Crippen molar-refractivity contribution in [1.29, 1.82) is 0 Å². The third-order valence-corrected chi connectivity index (χ3v) is 4.60. The van der Waals surface area contributed by atoms with Crippen LogP contribution < -0.4 is 5.32 Å². The summed E-state index contributed by atoms with van der Waals surface area (Å²) in [6, 6.07) is 3.53. The van der Waals surface area contributed by atoms with Gasteiger partial charge in [0.2, 0.25) is 0 Å². The van der Waals surface area contributed by atoms with Gasteiger partial charge >= 0.3 is 5.97 Å². The van der Waals surface area contributed by atoms with E-state index >= 15 is 0 Å². The number of thioether (sulfide) groups is 1. The van der Waals surface area contributed by atoms with E-state index in [0.717, 1.165) is 17.8 Å².